The van der Waals surface area contributed by atoms with Crippen LogP contribution in [0.1, 0.15) is 31.7 Å². The molecule has 16 heavy (non-hydrogen) atoms. The maximum atomic E-state index is 5.80. The van der Waals surface area contributed by atoms with Crippen LogP contribution in [-0.2, 0) is 0 Å². The van der Waals surface area contributed by atoms with E-state index in [1.807, 2.05) is 0 Å². The predicted molar refractivity (Wildman–Crippen MR) is 59.5 cm³/mol. The maximum absolute atomic E-state index is 5.80. The third kappa shape index (κ3) is 1.37. The van der Waals surface area contributed by atoms with Gasteiger partial charge in [0.05, 0.1) is 11.8 Å². The highest BCUT2D eigenvalue weighted by Gasteiger charge is 2.21. The van der Waals surface area contributed by atoms with Gasteiger partial charge in [-0.3, -0.25) is 5.10 Å². The maximum Gasteiger partial charge on any atom is 0.169 e. The van der Waals surface area contributed by atoms with Crippen molar-refractivity contribution in [2.24, 2.45) is 0 Å². The van der Waals surface area contributed by atoms with E-state index in [9.17, 15) is 0 Å². The lowest BCUT2D eigenvalue weighted by atomic mass is 10.2. The lowest BCUT2D eigenvalue weighted by Crippen LogP contribution is -2.05. The van der Waals surface area contributed by atoms with Crippen LogP contribution in [0.4, 0.5) is 5.82 Å². The first-order valence-electron chi connectivity index (χ1n) is 5.55. The van der Waals surface area contributed by atoms with Crippen LogP contribution in [0, 0.1) is 0 Å². The molecule has 6 nitrogen and oxygen atoms in total. The van der Waals surface area contributed by atoms with Crippen molar-refractivity contribution in [3.63, 3.8) is 0 Å². The van der Waals surface area contributed by atoms with Gasteiger partial charge in [-0.05, 0) is 12.8 Å². The monoisotopic (exact) mass is 218 g/mol. The van der Waals surface area contributed by atoms with E-state index in [-0.39, 0.29) is 0 Å². The second-order valence-electron chi connectivity index (χ2n) is 4.20. The van der Waals surface area contributed by atoms with Gasteiger partial charge in [0.2, 0.25) is 0 Å². The quantitative estimate of drug-likeness (QED) is 0.797. The molecule has 0 aliphatic heterocycles. The number of anilines is 1. The SMILES string of the molecule is Nc1[nH]ncc1-c1nncn1C1CCCC1. The Morgan fingerprint density at radius 1 is 1.38 bits per heavy atom. The molecule has 1 fully saturated rings. The first-order chi connectivity index (χ1) is 7.86. The minimum absolute atomic E-state index is 0.513. The van der Waals surface area contributed by atoms with Crippen molar-refractivity contribution in [2.45, 2.75) is 31.7 Å². The number of rotatable bonds is 2. The summed E-state index contributed by atoms with van der Waals surface area (Å²) in [6.45, 7) is 0. The number of aromatic nitrogens is 5. The Morgan fingerprint density at radius 3 is 2.88 bits per heavy atom. The van der Waals surface area contributed by atoms with E-state index in [0.717, 1.165) is 11.4 Å². The lowest BCUT2D eigenvalue weighted by Gasteiger charge is -2.12. The van der Waals surface area contributed by atoms with Crippen LogP contribution in [0.3, 0.4) is 0 Å². The molecule has 2 aromatic rings. The fourth-order valence-electron chi connectivity index (χ4n) is 2.36. The van der Waals surface area contributed by atoms with Crippen molar-refractivity contribution in [3.8, 4) is 11.4 Å². The molecule has 84 valence electrons. The fourth-order valence-corrected chi connectivity index (χ4v) is 2.36. The smallest absolute Gasteiger partial charge is 0.169 e. The first kappa shape index (κ1) is 9.38. The zero-order valence-corrected chi connectivity index (χ0v) is 8.93. The van der Waals surface area contributed by atoms with Crippen LogP contribution < -0.4 is 5.73 Å². The first-order valence-corrected chi connectivity index (χ1v) is 5.55. The molecular formula is C10H14N6. The van der Waals surface area contributed by atoms with Gasteiger partial charge in [-0.15, -0.1) is 10.2 Å². The third-order valence-electron chi connectivity index (χ3n) is 3.20. The number of nitrogens with zero attached hydrogens (tertiary/aromatic N) is 4. The molecule has 0 aromatic carbocycles. The largest absolute Gasteiger partial charge is 0.383 e. The number of nitrogens with one attached hydrogen (secondary N) is 1. The van der Waals surface area contributed by atoms with Gasteiger partial charge in [0, 0.05) is 6.04 Å². The van der Waals surface area contributed by atoms with Crippen molar-refractivity contribution in [1.82, 2.24) is 25.0 Å². The van der Waals surface area contributed by atoms with Gasteiger partial charge in [-0.25, -0.2) is 0 Å². The van der Waals surface area contributed by atoms with E-state index < -0.39 is 0 Å². The molecule has 2 heterocycles. The highest BCUT2D eigenvalue weighted by Crippen LogP contribution is 2.33. The molecular weight excluding hydrogens is 204 g/mol. The van der Waals surface area contributed by atoms with E-state index in [1.165, 1.54) is 25.7 Å². The molecule has 2 aromatic heterocycles. The molecule has 3 rings (SSSR count). The van der Waals surface area contributed by atoms with E-state index in [1.54, 1.807) is 12.5 Å². The van der Waals surface area contributed by atoms with Crippen LogP contribution in [0.2, 0.25) is 0 Å². The normalized spacial score (nSPS) is 17.0. The second kappa shape index (κ2) is 3.62. The molecule has 0 atom stereocenters. The Balaban J connectivity index is 2.02. The van der Waals surface area contributed by atoms with E-state index in [0.29, 0.717) is 11.9 Å². The summed E-state index contributed by atoms with van der Waals surface area (Å²) in [4.78, 5) is 0. The van der Waals surface area contributed by atoms with E-state index >= 15 is 0 Å². The van der Waals surface area contributed by atoms with Crippen LogP contribution in [0.5, 0.6) is 0 Å². The summed E-state index contributed by atoms with van der Waals surface area (Å²) in [5.41, 5.74) is 6.64. The Morgan fingerprint density at radius 2 is 2.19 bits per heavy atom. The van der Waals surface area contributed by atoms with Crippen molar-refractivity contribution >= 4 is 5.82 Å². The van der Waals surface area contributed by atoms with Crippen LogP contribution >= 0.6 is 0 Å². The van der Waals surface area contributed by atoms with Gasteiger partial charge >= 0.3 is 0 Å². The Bertz CT molecular complexity index is 479. The zero-order valence-electron chi connectivity index (χ0n) is 8.93. The van der Waals surface area contributed by atoms with Crippen LogP contribution in [0.15, 0.2) is 12.5 Å². The molecule has 0 saturated heterocycles. The van der Waals surface area contributed by atoms with Crippen molar-refractivity contribution in [1.29, 1.82) is 0 Å². The molecule has 0 radical (unpaired) electrons. The highest BCUT2D eigenvalue weighted by atomic mass is 15.3. The molecule has 0 bridgehead atoms. The summed E-state index contributed by atoms with van der Waals surface area (Å²) in [6.07, 6.45) is 8.44. The summed E-state index contributed by atoms with van der Waals surface area (Å²) in [6, 6.07) is 0.513. The van der Waals surface area contributed by atoms with E-state index in [4.69, 9.17) is 5.73 Å². The number of hydrogen-bond donors (Lipinski definition) is 2. The molecule has 1 aliphatic rings. The standard InChI is InChI=1S/C10H14N6/c11-9-8(5-12-14-9)10-15-13-6-16(10)7-3-1-2-4-7/h5-7H,1-4H2,(H3,11,12,14). The number of nitrogen functional groups attached to an aromatic ring is 1. The van der Waals surface area contributed by atoms with Gasteiger partial charge in [-0.2, -0.15) is 5.10 Å². The average Bonchev–Trinajstić information content (AvgIpc) is 2.95. The van der Waals surface area contributed by atoms with Gasteiger partial charge in [0.25, 0.3) is 0 Å². The summed E-state index contributed by atoms with van der Waals surface area (Å²) in [5.74, 6) is 1.37. The molecule has 0 spiro atoms. The fraction of sp³-hybridized carbons (Fsp3) is 0.500. The van der Waals surface area contributed by atoms with Crippen molar-refractivity contribution in [3.05, 3.63) is 12.5 Å². The van der Waals surface area contributed by atoms with Gasteiger partial charge in [-0.1, -0.05) is 12.8 Å². The summed E-state index contributed by atoms with van der Waals surface area (Å²) in [5, 5.41) is 14.8. The van der Waals surface area contributed by atoms with Gasteiger partial charge in [0.15, 0.2) is 5.82 Å². The van der Waals surface area contributed by atoms with Crippen LogP contribution in [-0.4, -0.2) is 25.0 Å². The molecule has 0 amide bonds. The highest BCUT2D eigenvalue weighted by molar-refractivity contribution is 5.67. The lowest BCUT2D eigenvalue weighted by molar-refractivity contribution is 0.522. The minimum atomic E-state index is 0.513. The van der Waals surface area contributed by atoms with Crippen LogP contribution in [0.25, 0.3) is 11.4 Å². The number of aromatic amines is 1. The predicted octanol–water partition coefficient (Wildman–Crippen LogP) is 1.37. The van der Waals surface area contributed by atoms with Crippen molar-refractivity contribution in [2.75, 3.05) is 5.73 Å². The molecule has 0 unspecified atom stereocenters. The zero-order chi connectivity index (χ0) is 11.0. The van der Waals surface area contributed by atoms with Gasteiger partial charge < -0.3 is 10.3 Å². The minimum Gasteiger partial charge on any atom is -0.383 e. The molecule has 6 heteroatoms. The summed E-state index contributed by atoms with van der Waals surface area (Å²) < 4.78 is 2.12. The summed E-state index contributed by atoms with van der Waals surface area (Å²) in [7, 11) is 0. The van der Waals surface area contributed by atoms with E-state index in [2.05, 4.69) is 25.0 Å². The number of hydrogen-bond acceptors (Lipinski definition) is 4. The Labute approximate surface area is 92.9 Å². The topological polar surface area (TPSA) is 85.4 Å². The van der Waals surface area contributed by atoms with Crippen molar-refractivity contribution < 1.29 is 0 Å². The third-order valence-corrected chi connectivity index (χ3v) is 3.20. The molecule has 1 aliphatic carbocycles. The second-order valence-corrected chi connectivity index (χ2v) is 4.20. The molecule has 1 saturated carbocycles. The Kier molecular flexibility index (Phi) is 2.12. The van der Waals surface area contributed by atoms with Gasteiger partial charge in [0.1, 0.15) is 12.1 Å². The Hall–Kier alpha value is -1.85. The number of H-pyrrole nitrogens is 1. The summed E-state index contributed by atoms with van der Waals surface area (Å²) >= 11 is 0. The average molecular weight is 218 g/mol. The molecule has 3 N–H and O–H groups in total. The number of nitrogens with two attached hydrogens (primary N) is 1.